The van der Waals surface area contributed by atoms with E-state index in [9.17, 15) is 9.18 Å². The van der Waals surface area contributed by atoms with E-state index in [-0.39, 0.29) is 18.0 Å². The molecule has 0 atom stereocenters. The number of halogens is 3. The van der Waals surface area contributed by atoms with Gasteiger partial charge in [-0.05, 0) is 62.2 Å². The first-order valence-electron chi connectivity index (χ1n) is 5.89. The average Bonchev–Trinajstić information content (AvgIpc) is 2.42. The zero-order valence-corrected chi connectivity index (χ0v) is 13.9. The largest absolute Gasteiger partial charge is 0.481 e. The van der Waals surface area contributed by atoms with Crippen LogP contribution >= 0.6 is 31.9 Å². The maximum absolute atomic E-state index is 13.1. The molecule has 110 valence electrons. The van der Waals surface area contributed by atoms with Gasteiger partial charge in [0.05, 0.1) is 20.3 Å². The third-order valence-electron chi connectivity index (χ3n) is 2.56. The van der Waals surface area contributed by atoms with Gasteiger partial charge in [-0.25, -0.2) is 4.39 Å². The fourth-order valence-corrected chi connectivity index (χ4v) is 2.81. The number of rotatable bonds is 4. The SMILES string of the molecule is Nc1ccc(F)cc1NC(=O)COc1c(Br)cccc1Br. The molecule has 4 nitrogen and oxygen atoms in total. The minimum absolute atomic E-state index is 0.217. The second-order valence-electron chi connectivity index (χ2n) is 4.12. The molecule has 21 heavy (non-hydrogen) atoms. The van der Waals surface area contributed by atoms with Crippen molar-refractivity contribution in [3.05, 3.63) is 51.2 Å². The molecule has 0 spiro atoms. The van der Waals surface area contributed by atoms with Crippen LogP contribution in [0.15, 0.2) is 45.3 Å². The van der Waals surface area contributed by atoms with E-state index in [0.29, 0.717) is 5.75 Å². The van der Waals surface area contributed by atoms with Crippen molar-refractivity contribution in [1.82, 2.24) is 0 Å². The summed E-state index contributed by atoms with van der Waals surface area (Å²) in [5, 5.41) is 2.50. The summed E-state index contributed by atoms with van der Waals surface area (Å²) in [4.78, 5) is 11.8. The number of nitrogens with one attached hydrogen (secondary N) is 1. The lowest BCUT2D eigenvalue weighted by atomic mass is 10.2. The summed E-state index contributed by atoms with van der Waals surface area (Å²) in [5.74, 6) is -0.399. The number of carbonyl (C=O) groups is 1. The quantitative estimate of drug-likeness (QED) is 0.740. The standard InChI is InChI=1S/C14H11Br2FN2O2/c15-9-2-1-3-10(16)14(9)21-7-13(20)19-12-6-8(17)4-5-11(12)18/h1-6H,7,18H2,(H,19,20). The number of carbonyl (C=O) groups excluding carboxylic acids is 1. The van der Waals surface area contributed by atoms with E-state index in [1.54, 1.807) is 12.1 Å². The van der Waals surface area contributed by atoms with Crippen molar-refractivity contribution in [2.75, 3.05) is 17.7 Å². The normalized spacial score (nSPS) is 10.2. The van der Waals surface area contributed by atoms with E-state index in [2.05, 4.69) is 37.2 Å². The number of benzene rings is 2. The van der Waals surface area contributed by atoms with Crippen molar-refractivity contribution >= 4 is 49.1 Å². The Morgan fingerprint density at radius 2 is 1.90 bits per heavy atom. The van der Waals surface area contributed by atoms with Gasteiger partial charge in [-0.15, -0.1) is 0 Å². The second kappa shape index (κ2) is 6.91. The molecule has 0 unspecified atom stereocenters. The van der Waals surface area contributed by atoms with E-state index in [1.165, 1.54) is 12.1 Å². The van der Waals surface area contributed by atoms with E-state index in [1.807, 2.05) is 6.07 Å². The summed E-state index contributed by atoms with van der Waals surface area (Å²) in [6.45, 7) is -0.225. The molecule has 0 bridgehead atoms. The van der Waals surface area contributed by atoms with Gasteiger partial charge in [0, 0.05) is 0 Å². The Balaban J connectivity index is 2.01. The van der Waals surface area contributed by atoms with E-state index >= 15 is 0 Å². The zero-order valence-electron chi connectivity index (χ0n) is 10.7. The van der Waals surface area contributed by atoms with Crippen LogP contribution in [-0.2, 0) is 4.79 Å². The van der Waals surface area contributed by atoms with Crippen molar-refractivity contribution in [3.8, 4) is 5.75 Å². The molecule has 0 radical (unpaired) electrons. The highest BCUT2D eigenvalue weighted by molar-refractivity contribution is 9.11. The number of para-hydroxylation sites is 1. The fourth-order valence-electron chi connectivity index (χ4n) is 1.58. The number of hydrogen-bond acceptors (Lipinski definition) is 3. The number of amides is 1. The smallest absolute Gasteiger partial charge is 0.262 e. The number of hydrogen-bond donors (Lipinski definition) is 2. The Bertz CT molecular complexity index is 660. The highest BCUT2D eigenvalue weighted by atomic mass is 79.9. The molecule has 0 aromatic heterocycles. The second-order valence-corrected chi connectivity index (χ2v) is 5.83. The van der Waals surface area contributed by atoms with Crippen LogP contribution in [0.2, 0.25) is 0 Å². The fraction of sp³-hybridized carbons (Fsp3) is 0.0714. The summed E-state index contributed by atoms with van der Waals surface area (Å²) in [5.41, 5.74) is 6.16. The minimum atomic E-state index is -0.478. The number of anilines is 2. The molecule has 1 amide bonds. The third kappa shape index (κ3) is 4.18. The molecule has 0 heterocycles. The van der Waals surface area contributed by atoms with Gasteiger partial charge in [0.2, 0.25) is 0 Å². The Kier molecular flexibility index (Phi) is 5.19. The Labute approximate surface area is 137 Å². The first-order valence-corrected chi connectivity index (χ1v) is 7.47. The third-order valence-corrected chi connectivity index (χ3v) is 3.80. The summed E-state index contributed by atoms with van der Waals surface area (Å²) in [7, 11) is 0. The zero-order chi connectivity index (χ0) is 15.4. The lowest BCUT2D eigenvalue weighted by Crippen LogP contribution is -2.21. The van der Waals surface area contributed by atoms with E-state index in [4.69, 9.17) is 10.5 Å². The van der Waals surface area contributed by atoms with Gasteiger partial charge in [-0.2, -0.15) is 0 Å². The van der Waals surface area contributed by atoms with Crippen molar-refractivity contribution < 1.29 is 13.9 Å². The predicted octanol–water partition coefficient (Wildman–Crippen LogP) is 3.95. The highest BCUT2D eigenvalue weighted by Gasteiger charge is 2.10. The Morgan fingerprint density at radius 3 is 2.57 bits per heavy atom. The topological polar surface area (TPSA) is 64.3 Å². The molecular formula is C14H11Br2FN2O2. The van der Waals surface area contributed by atoms with E-state index in [0.717, 1.165) is 15.0 Å². The van der Waals surface area contributed by atoms with Crippen molar-refractivity contribution in [1.29, 1.82) is 0 Å². The molecule has 7 heteroatoms. The van der Waals surface area contributed by atoms with Gasteiger partial charge in [0.1, 0.15) is 11.6 Å². The minimum Gasteiger partial charge on any atom is -0.481 e. The molecule has 2 aromatic carbocycles. The number of nitrogens with two attached hydrogens (primary N) is 1. The van der Waals surface area contributed by atoms with Gasteiger partial charge in [-0.1, -0.05) is 6.07 Å². The predicted molar refractivity (Wildman–Crippen MR) is 86.8 cm³/mol. The van der Waals surface area contributed by atoms with Crippen LogP contribution in [0.4, 0.5) is 15.8 Å². The number of ether oxygens (including phenoxy) is 1. The average molecular weight is 418 g/mol. The molecule has 0 aliphatic carbocycles. The number of nitrogen functional groups attached to an aromatic ring is 1. The molecule has 2 rings (SSSR count). The van der Waals surface area contributed by atoms with Crippen LogP contribution in [0.1, 0.15) is 0 Å². The van der Waals surface area contributed by atoms with Crippen molar-refractivity contribution in [2.24, 2.45) is 0 Å². The van der Waals surface area contributed by atoms with Gasteiger partial charge in [-0.3, -0.25) is 4.79 Å². The molecular weight excluding hydrogens is 407 g/mol. The summed E-state index contributed by atoms with van der Waals surface area (Å²) in [6.07, 6.45) is 0. The van der Waals surface area contributed by atoms with Gasteiger partial charge in [0.15, 0.2) is 6.61 Å². The molecule has 0 aliphatic heterocycles. The molecule has 3 N–H and O–H groups in total. The Hall–Kier alpha value is -1.60. The van der Waals surface area contributed by atoms with Crippen LogP contribution in [0.25, 0.3) is 0 Å². The van der Waals surface area contributed by atoms with Crippen LogP contribution in [-0.4, -0.2) is 12.5 Å². The molecule has 0 fully saturated rings. The van der Waals surface area contributed by atoms with E-state index < -0.39 is 11.7 Å². The van der Waals surface area contributed by atoms with Crippen LogP contribution < -0.4 is 15.8 Å². The van der Waals surface area contributed by atoms with Crippen molar-refractivity contribution in [2.45, 2.75) is 0 Å². The van der Waals surface area contributed by atoms with Gasteiger partial charge < -0.3 is 15.8 Å². The monoisotopic (exact) mass is 416 g/mol. The van der Waals surface area contributed by atoms with Crippen molar-refractivity contribution in [3.63, 3.8) is 0 Å². The van der Waals surface area contributed by atoms with Crippen LogP contribution in [0, 0.1) is 5.82 Å². The highest BCUT2D eigenvalue weighted by Crippen LogP contribution is 2.32. The molecule has 0 saturated heterocycles. The lowest BCUT2D eigenvalue weighted by molar-refractivity contribution is -0.118. The Morgan fingerprint density at radius 1 is 1.24 bits per heavy atom. The first kappa shape index (κ1) is 15.8. The maximum atomic E-state index is 13.1. The van der Waals surface area contributed by atoms with Crippen LogP contribution in [0.5, 0.6) is 5.75 Å². The van der Waals surface area contributed by atoms with Gasteiger partial charge in [0.25, 0.3) is 5.91 Å². The molecule has 0 saturated carbocycles. The van der Waals surface area contributed by atoms with Gasteiger partial charge >= 0.3 is 0 Å². The summed E-state index contributed by atoms with van der Waals surface area (Å²) in [6, 6.07) is 9.18. The maximum Gasteiger partial charge on any atom is 0.262 e. The summed E-state index contributed by atoms with van der Waals surface area (Å²) < 4.78 is 20.0. The molecule has 2 aromatic rings. The van der Waals surface area contributed by atoms with Crippen LogP contribution in [0.3, 0.4) is 0 Å². The lowest BCUT2D eigenvalue weighted by Gasteiger charge is -2.11. The molecule has 0 aliphatic rings. The summed E-state index contributed by atoms with van der Waals surface area (Å²) >= 11 is 6.66. The first-order chi connectivity index (χ1) is 9.97.